The summed E-state index contributed by atoms with van der Waals surface area (Å²) in [7, 11) is 0. The van der Waals surface area contributed by atoms with Crippen LogP contribution in [-0.4, -0.2) is 39.0 Å². The maximum absolute atomic E-state index is 13.9. The zero-order chi connectivity index (χ0) is 18.8. The molecule has 0 bridgehead atoms. The minimum Gasteiger partial charge on any atom is -0.339 e. The van der Waals surface area contributed by atoms with E-state index in [-0.39, 0.29) is 23.2 Å². The van der Waals surface area contributed by atoms with Gasteiger partial charge in [-0.2, -0.15) is 9.37 Å². The number of carbonyl (C=O) groups is 1. The second-order valence-electron chi connectivity index (χ2n) is 6.40. The molecular formula is C19H16F2N4O2. The Labute approximate surface area is 153 Å². The largest absolute Gasteiger partial charge is 0.339 e. The Kier molecular flexibility index (Phi) is 4.62. The summed E-state index contributed by atoms with van der Waals surface area (Å²) in [4.78, 5) is 22.1. The van der Waals surface area contributed by atoms with E-state index in [9.17, 15) is 13.6 Å². The number of nitrogens with zero attached hydrogens (tertiary/aromatic N) is 4. The molecular weight excluding hydrogens is 354 g/mol. The summed E-state index contributed by atoms with van der Waals surface area (Å²) >= 11 is 0. The average Bonchev–Trinajstić information content (AvgIpc) is 3.18. The van der Waals surface area contributed by atoms with Crippen molar-refractivity contribution in [3.8, 4) is 11.4 Å². The van der Waals surface area contributed by atoms with Crippen molar-refractivity contribution >= 4 is 5.91 Å². The first-order valence-corrected chi connectivity index (χ1v) is 8.61. The smallest absolute Gasteiger partial charge is 0.255 e. The number of rotatable bonds is 3. The van der Waals surface area contributed by atoms with Crippen molar-refractivity contribution in [2.24, 2.45) is 0 Å². The summed E-state index contributed by atoms with van der Waals surface area (Å²) in [5.41, 5.74) is 0.600. The first-order valence-electron chi connectivity index (χ1n) is 8.61. The SMILES string of the molecule is O=C(c1ccc(F)nc1)N1CCC[C@H](c2nc(-c3ccccc3F)no2)C1. The predicted octanol–water partition coefficient (Wildman–Crippen LogP) is 3.43. The third-order valence-electron chi connectivity index (χ3n) is 4.59. The number of pyridine rings is 1. The normalized spacial score (nSPS) is 17.1. The van der Waals surface area contributed by atoms with Crippen LogP contribution in [-0.2, 0) is 0 Å². The van der Waals surface area contributed by atoms with Crippen molar-refractivity contribution in [2.75, 3.05) is 13.1 Å². The second-order valence-corrected chi connectivity index (χ2v) is 6.40. The third-order valence-corrected chi connectivity index (χ3v) is 4.59. The van der Waals surface area contributed by atoms with E-state index in [1.54, 1.807) is 23.1 Å². The molecule has 0 spiro atoms. The molecule has 3 heterocycles. The van der Waals surface area contributed by atoms with Gasteiger partial charge in [0.05, 0.1) is 17.0 Å². The average molecular weight is 370 g/mol. The molecule has 4 rings (SSSR count). The van der Waals surface area contributed by atoms with Crippen LogP contribution in [0.25, 0.3) is 11.4 Å². The van der Waals surface area contributed by atoms with Gasteiger partial charge < -0.3 is 9.42 Å². The Hall–Kier alpha value is -3.16. The van der Waals surface area contributed by atoms with Gasteiger partial charge in [-0.05, 0) is 37.1 Å². The lowest BCUT2D eigenvalue weighted by Gasteiger charge is -2.31. The molecule has 27 heavy (non-hydrogen) atoms. The molecule has 3 aromatic rings. The van der Waals surface area contributed by atoms with E-state index in [0.29, 0.717) is 24.5 Å². The second kappa shape index (κ2) is 7.22. The molecule has 0 unspecified atom stereocenters. The first-order chi connectivity index (χ1) is 13.1. The van der Waals surface area contributed by atoms with Gasteiger partial charge in [0.2, 0.25) is 17.7 Å². The van der Waals surface area contributed by atoms with E-state index < -0.39 is 11.8 Å². The van der Waals surface area contributed by atoms with Crippen LogP contribution < -0.4 is 0 Å². The van der Waals surface area contributed by atoms with Crippen LogP contribution in [0.5, 0.6) is 0 Å². The summed E-state index contributed by atoms with van der Waals surface area (Å²) in [6, 6.07) is 8.79. The monoisotopic (exact) mass is 370 g/mol. The molecule has 8 heteroatoms. The highest BCUT2D eigenvalue weighted by Gasteiger charge is 2.29. The van der Waals surface area contributed by atoms with Gasteiger partial charge in [-0.25, -0.2) is 9.37 Å². The fourth-order valence-electron chi connectivity index (χ4n) is 3.20. The van der Waals surface area contributed by atoms with Crippen LogP contribution in [0, 0.1) is 11.8 Å². The van der Waals surface area contributed by atoms with E-state index in [1.807, 2.05) is 0 Å². The summed E-state index contributed by atoms with van der Waals surface area (Å²) < 4.78 is 32.2. The van der Waals surface area contributed by atoms with Gasteiger partial charge in [0, 0.05) is 19.3 Å². The molecule has 1 fully saturated rings. The van der Waals surface area contributed by atoms with Gasteiger partial charge in [0.15, 0.2) is 0 Å². The van der Waals surface area contributed by atoms with Crippen molar-refractivity contribution in [1.29, 1.82) is 0 Å². The molecule has 6 nitrogen and oxygen atoms in total. The quantitative estimate of drug-likeness (QED) is 0.661. The number of likely N-dealkylation sites (tertiary alicyclic amines) is 1. The van der Waals surface area contributed by atoms with Gasteiger partial charge >= 0.3 is 0 Å². The van der Waals surface area contributed by atoms with Crippen molar-refractivity contribution in [1.82, 2.24) is 20.0 Å². The van der Waals surface area contributed by atoms with Gasteiger partial charge in [-0.3, -0.25) is 4.79 Å². The summed E-state index contributed by atoms with van der Waals surface area (Å²) in [5.74, 6) is -0.842. The van der Waals surface area contributed by atoms with Gasteiger partial charge in [0.1, 0.15) is 5.82 Å². The van der Waals surface area contributed by atoms with E-state index in [0.717, 1.165) is 18.9 Å². The van der Waals surface area contributed by atoms with Crippen molar-refractivity contribution in [3.63, 3.8) is 0 Å². The van der Waals surface area contributed by atoms with Crippen molar-refractivity contribution in [2.45, 2.75) is 18.8 Å². The van der Waals surface area contributed by atoms with Crippen LogP contribution in [0.2, 0.25) is 0 Å². The number of halogens is 2. The molecule has 0 N–H and O–H groups in total. The zero-order valence-electron chi connectivity index (χ0n) is 14.3. The highest BCUT2D eigenvalue weighted by molar-refractivity contribution is 5.94. The number of carbonyl (C=O) groups excluding carboxylic acids is 1. The maximum Gasteiger partial charge on any atom is 0.255 e. The summed E-state index contributed by atoms with van der Waals surface area (Å²) in [5, 5.41) is 3.88. The Morgan fingerprint density at radius 2 is 2.04 bits per heavy atom. The zero-order valence-corrected chi connectivity index (χ0v) is 14.3. The highest BCUT2D eigenvalue weighted by Crippen LogP contribution is 2.29. The lowest BCUT2D eigenvalue weighted by atomic mass is 9.97. The lowest BCUT2D eigenvalue weighted by molar-refractivity contribution is 0.0695. The highest BCUT2D eigenvalue weighted by atomic mass is 19.1. The number of hydrogen-bond donors (Lipinski definition) is 0. The van der Waals surface area contributed by atoms with Crippen LogP contribution in [0.4, 0.5) is 8.78 Å². The lowest BCUT2D eigenvalue weighted by Crippen LogP contribution is -2.39. The molecule has 1 saturated heterocycles. The standard InChI is InChI=1S/C19H16F2N4O2/c20-15-6-2-1-5-14(15)17-23-18(27-24-17)13-4-3-9-25(11-13)19(26)12-7-8-16(21)22-10-12/h1-2,5-8,10,13H,3-4,9,11H2/t13-/m0/s1. The Morgan fingerprint density at radius 3 is 2.81 bits per heavy atom. The van der Waals surface area contributed by atoms with Crippen molar-refractivity contribution in [3.05, 3.63) is 65.8 Å². The number of hydrogen-bond acceptors (Lipinski definition) is 5. The Bertz CT molecular complexity index is 958. The molecule has 1 aliphatic rings. The third kappa shape index (κ3) is 3.55. The number of amides is 1. The molecule has 138 valence electrons. The molecule has 0 aliphatic carbocycles. The molecule has 2 aromatic heterocycles. The van der Waals surface area contributed by atoms with Crippen LogP contribution >= 0.6 is 0 Å². The van der Waals surface area contributed by atoms with Crippen LogP contribution in [0.3, 0.4) is 0 Å². The van der Waals surface area contributed by atoms with Crippen LogP contribution in [0.15, 0.2) is 47.1 Å². The Morgan fingerprint density at radius 1 is 1.19 bits per heavy atom. The number of aromatic nitrogens is 3. The van der Waals surface area contributed by atoms with E-state index in [2.05, 4.69) is 15.1 Å². The van der Waals surface area contributed by atoms with E-state index >= 15 is 0 Å². The van der Waals surface area contributed by atoms with Gasteiger partial charge in [-0.1, -0.05) is 17.3 Å². The molecule has 0 saturated carbocycles. The molecule has 1 atom stereocenters. The van der Waals surface area contributed by atoms with Gasteiger partial charge in [0.25, 0.3) is 5.91 Å². The Balaban J connectivity index is 1.51. The van der Waals surface area contributed by atoms with Crippen molar-refractivity contribution < 1.29 is 18.1 Å². The first kappa shape index (κ1) is 17.3. The fourth-order valence-corrected chi connectivity index (χ4v) is 3.20. The maximum atomic E-state index is 13.9. The topological polar surface area (TPSA) is 72.1 Å². The summed E-state index contributed by atoms with van der Waals surface area (Å²) in [6.45, 7) is 0.982. The molecule has 1 aromatic carbocycles. The van der Waals surface area contributed by atoms with E-state index in [1.165, 1.54) is 18.3 Å². The fraction of sp³-hybridized carbons (Fsp3) is 0.263. The molecule has 0 radical (unpaired) electrons. The number of benzene rings is 1. The van der Waals surface area contributed by atoms with Crippen LogP contribution in [0.1, 0.15) is 35.0 Å². The minimum atomic E-state index is -0.630. The predicted molar refractivity (Wildman–Crippen MR) is 91.8 cm³/mol. The minimum absolute atomic E-state index is 0.135. The van der Waals surface area contributed by atoms with E-state index in [4.69, 9.17) is 4.52 Å². The molecule has 1 amide bonds. The van der Waals surface area contributed by atoms with Gasteiger partial charge in [-0.15, -0.1) is 0 Å². The summed E-state index contributed by atoms with van der Waals surface area (Å²) in [6.07, 6.45) is 2.77. The molecule has 1 aliphatic heterocycles. The number of piperidine rings is 1.